The maximum atomic E-state index is 14.9. The van der Waals surface area contributed by atoms with Crippen LogP contribution in [-0.4, -0.2) is 61.1 Å². The Labute approximate surface area is 332 Å². The SMILES string of the molecule is CC1(O)C2CCC(=O)C(Cc3cccc(c3)C3(CCCCC3)C(O)C=C3CC(c4cc(O)cc(CO)c4)C#CC4CC(=O)Oc5cc(O)c(cc54)CC1OC3=O)C2. The highest BCUT2D eigenvalue weighted by Crippen LogP contribution is 2.46. The van der Waals surface area contributed by atoms with Crippen molar-refractivity contribution >= 4 is 17.7 Å². The normalized spacial score (nSPS) is 29.8. The van der Waals surface area contributed by atoms with E-state index in [2.05, 4.69) is 17.9 Å². The van der Waals surface area contributed by atoms with Crippen LogP contribution < -0.4 is 4.74 Å². The number of ketones is 1. The summed E-state index contributed by atoms with van der Waals surface area (Å²) in [6.07, 6.45) is 4.55. The molecule has 5 aliphatic rings. The summed E-state index contributed by atoms with van der Waals surface area (Å²) in [5.74, 6) is 2.95. The fraction of sp³-hybridized carbons (Fsp3) is 0.468. The van der Waals surface area contributed by atoms with E-state index in [1.165, 1.54) is 18.2 Å². The third-order valence-corrected chi connectivity index (χ3v) is 13.4. The van der Waals surface area contributed by atoms with Gasteiger partial charge in [0.25, 0.3) is 0 Å². The summed E-state index contributed by atoms with van der Waals surface area (Å²) in [6.45, 7) is 1.27. The molecule has 3 aromatic carbocycles. The summed E-state index contributed by atoms with van der Waals surface area (Å²) in [5, 5.41) is 57.3. The summed E-state index contributed by atoms with van der Waals surface area (Å²) >= 11 is 0. The number of aliphatic hydroxyl groups excluding tert-OH is 2. The number of rotatable bonds is 2. The first kappa shape index (κ1) is 38.9. The molecule has 3 aliphatic heterocycles. The van der Waals surface area contributed by atoms with Crippen LogP contribution in [0.2, 0.25) is 0 Å². The Morgan fingerprint density at radius 1 is 0.895 bits per heavy atom. The van der Waals surface area contributed by atoms with E-state index < -0.39 is 52.9 Å². The average Bonchev–Trinajstić information content (AvgIpc) is 3.19. The van der Waals surface area contributed by atoms with Crippen LogP contribution in [0.15, 0.2) is 66.2 Å². The van der Waals surface area contributed by atoms with E-state index >= 15 is 0 Å². The number of carbonyl (C=O) groups excluding carboxylic acids is 3. The van der Waals surface area contributed by atoms with Gasteiger partial charge in [0.05, 0.1) is 25.0 Å². The molecule has 298 valence electrons. The monoisotopic (exact) mass is 774 g/mol. The number of phenolic OH excluding ortho intramolecular Hbond substituents is 2. The Balaban J connectivity index is 1.36. The molecule has 0 aromatic heterocycles. The average molecular weight is 775 g/mol. The van der Waals surface area contributed by atoms with Crippen molar-refractivity contribution in [1.82, 2.24) is 0 Å². The van der Waals surface area contributed by atoms with Gasteiger partial charge in [-0.2, -0.15) is 0 Å². The quantitative estimate of drug-likeness (QED) is 0.116. The molecule has 8 bridgehead atoms. The number of carbonyl (C=O) groups is 3. The van der Waals surface area contributed by atoms with Crippen molar-refractivity contribution in [3.63, 3.8) is 0 Å². The van der Waals surface area contributed by atoms with Gasteiger partial charge in [-0.3, -0.25) is 9.59 Å². The molecule has 3 aromatic rings. The van der Waals surface area contributed by atoms with E-state index in [9.17, 15) is 39.9 Å². The molecule has 3 heterocycles. The number of fused-ring (bicyclic) bond motifs is 9. The predicted molar refractivity (Wildman–Crippen MR) is 209 cm³/mol. The van der Waals surface area contributed by atoms with Gasteiger partial charge in [0.15, 0.2) is 0 Å². The number of hydrogen-bond donors (Lipinski definition) is 5. The Morgan fingerprint density at radius 3 is 2.47 bits per heavy atom. The van der Waals surface area contributed by atoms with Crippen molar-refractivity contribution in [2.75, 3.05) is 0 Å². The van der Waals surface area contributed by atoms with Crippen molar-refractivity contribution in [3.8, 4) is 29.1 Å². The van der Waals surface area contributed by atoms with Crippen LogP contribution in [-0.2, 0) is 44.0 Å². The van der Waals surface area contributed by atoms with Gasteiger partial charge in [-0.15, -0.1) is 0 Å². The first-order chi connectivity index (χ1) is 27.3. The minimum absolute atomic E-state index is 0.0735. The molecule has 5 N–H and O–H groups in total. The van der Waals surface area contributed by atoms with Gasteiger partial charge in [0, 0.05) is 47.3 Å². The highest BCUT2D eigenvalue weighted by molar-refractivity contribution is 5.89. The van der Waals surface area contributed by atoms with Crippen LogP contribution in [0.5, 0.6) is 17.2 Å². The number of aromatic hydroxyl groups is 2. The fourth-order valence-electron chi connectivity index (χ4n) is 10.1. The third kappa shape index (κ3) is 7.61. The molecule has 8 rings (SSSR count). The molecule has 57 heavy (non-hydrogen) atoms. The zero-order valence-electron chi connectivity index (χ0n) is 32.2. The molecular formula is C47H50O10. The maximum absolute atomic E-state index is 14.9. The third-order valence-electron chi connectivity index (χ3n) is 13.4. The molecule has 7 atom stereocenters. The Hall–Kier alpha value is -4.95. The topological polar surface area (TPSA) is 171 Å². The number of benzene rings is 3. The van der Waals surface area contributed by atoms with Gasteiger partial charge in [-0.25, -0.2) is 4.79 Å². The second-order valence-electron chi connectivity index (χ2n) is 17.1. The smallest absolute Gasteiger partial charge is 0.334 e. The van der Waals surface area contributed by atoms with E-state index in [-0.39, 0.29) is 66.8 Å². The van der Waals surface area contributed by atoms with Crippen LogP contribution in [0.25, 0.3) is 0 Å². The van der Waals surface area contributed by atoms with Crippen LogP contribution in [0.3, 0.4) is 0 Å². The lowest BCUT2D eigenvalue weighted by atomic mass is 9.65. The molecule has 2 saturated carbocycles. The molecule has 10 nitrogen and oxygen atoms in total. The molecule has 1 spiro atoms. The van der Waals surface area contributed by atoms with E-state index in [4.69, 9.17) is 9.47 Å². The zero-order valence-corrected chi connectivity index (χ0v) is 32.2. The van der Waals surface area contributed by atoms with Gasteiger partial charge in [-0.1, -0.05) is 61.4 Å². The Bertz CT molecular complexity index is 2180. The van der Waals surface area contributed by atoms with Crippen LogP contribution in [0.4, 0.5) is 0 Å². The second kappa shape index (κ2) is 15.4. The van der Waals surface area contributed by atoms with Gasteiger partial charge in [0.1, 0.15) is 34.7 Å². The predicted octanol–water partition coefficient (Wildman–Crippen LogP) is 6.11. The molecule has 0 saturated heterocycles. The number of hydrogen-bond acceptors (Lipinski definition) is 10. The molecule has 7 unspecified atom stereocenters. The van der Waals surface area contributed by atoms with Crippen molar-refractivity contribution in [2.45, 2.75) is 126 Å². The minimum Gasteiger partial charge on any atom is -0.508 e. The van der Waals surface area contributed by atoms with Crippen molar-refractivity contribution in [1.29, 1.82) is 0 Å². The second-order valence-corrected chi connectivity index (χ2v) is 17.1. The number of Topliss-reactive ketones (excluding diaryl/α,β-unsaturated/α-hetero) is 1. The Morgan fingerprint density at radius 2 is 1.68 bits per heavy atom. The number of esters is 2. The van der Waals surface area contributed by atoms with E-state index in [1.54, 1.807) is 25.1 Å². The Kier molecular flexibility index (Phi) is 10.5. The lowest BCUT2D eigenvalue weighted by Crippen LogP contribution is -2.52. The van der Waals surface area contributed by atoms with Crippen molar-refractivity contribution in [2.24, 2.45) is 11.8 Å². The van der Waals surface area contributed by atoms with E-state index in [0.29, 0.717) is 54.4 Å². The number of phenols is 2. The first-order valence-corrected chi connectivity index (χ1v) is 20.3. The minimum atomic E-state index is -1.67. The van der Waals surface area contributed by atoms with Crippen LogP contribution in [0.1, 0.15) is 116 Å². The molecule has 0 amide bonds. The first-order valence-electron chi connectivity index (χ1n) is 20.3. The molecule has 10 heteroatoms. The molecule has 2 fully saturated rings. The van der Waals surface area contributed by atoms with E-state index in [1.807, 2.05) is 18.2 Å². The van der Waals surface area contributed by atoms with Crippen LogP contribution in [0, 0.1) is 23.7 Å². The fourth-order valence-corrected chi connectivity index (χ4v) is 10.1. The maximum Gasteiger partial charge on any atom is 0.334 e. The number of aliphatic hydroxyl groups is 3. The van der Waals surface area contributed by atoms with Crippen LogP contribution >= 0.6 is 0 Å². The molecule has 0 radical (unpaired) electrons. The lowest BCUT2D eigenvalue weighted by Gasteiger charge is -2.42. The van der Waals surface area contributed by atoms with Crippen molar-refractivity contribution < 1.29 is 49.4 Å². The highest BCUT2D eigenvalue weighted by Gasteiger charge is 2.47. The summed E-state index contributed by atoms with van der Waals surface area (Å²) in [6, 6.07) is 15.8. The van der Waals surface area contributed by atoms with Crippen molar-refractivity contribution in [3.05, 3.63) is 99.6 Å². The number of ether oxygens (including phenoxy) is 2. The molecule has 2 aliphatic carbocycles. The highest BCUT2D eigenvalue weighted by atomic mass is 16.6. The van der Waals surface area contributed by atoms with Gasteiger partial charge in [-0.05, 0) is 103 Å². The standard InChI is InChI=1S/C47H50O10/c1-46(55)35-10-11-39(50)32(19-35)14-27-6-5-7-36(16-27)47(12-3-2-4-13-47)42(52)22-34-18-29(31-15-28(26-48)17-37(49)20-31)8-9-30-24-44(53)56-41-25-40(51)33(21-38(30)41)23-43(46)57-45(34)54/h5-7,15-17,20-22,25,29-30,32,35,42-43,48-49,51-52,55H,2-4,10-14,18-19,23-24,26H2,1H3. The summed E-state index contributed by atoms with van der Waals surface area (Å²) in [4.78, 5) is 41.3. The lowest BCUT2D eigenvalue weighted by molar-refractivity contribution is -0.170. The molecular weight excluding hydrogens is 725 g/mol. The van der Waals surface area contributed by atoms with E-state index in [0.717, 1.165) is 30.4 Å². The zero-order chi connectivity index (χ0) is 40.1. The van der Waals surface area contributed by atoms with Gasteiger partial charge >= 0.3 is 11.9 Å². The van der Waals surface area contributed by atoms with Gasteiger partial charge in [0.2, 0.25) is 0 Å². The largest absolute Gasteiger partial charge is 0.508 e. The summed E-state index contributed by atoms with van der Waals surface area (Å²) in [5.41, 5.74) is 1.47. The summed E-state index contributed by atoms with van der Waals surface area (Å²) < 4.78 is 12.0. The van der Waals surface area contributed by atoms with Gasteiger partial charge < -0.3 is 35.0 Å². The summed E-state index contributed by atoms with van der Waals surface area (Å²) in [7, 11) is 0.